The molecule has 0 amide bonds. The maximum atomic E-state index is 5.58. The molecule has 0 bridgehead atoms. The number of methoxy groups -OCH3 is 1. The summed E-state index contributed by atoms with van der Waals surface area (Å²) in [6.45, 7) is 12.9. The van der Waals surface area contributed by atoms with Gasteiger partial charge in [0, 0.05) is 45.1 Å². The number of aliphatic imine (C=N–C) groups is 1. The average molecular weight is 443 g/mol. The van der Waals surface area contributed by atoms with Gasteiger partial charge in [-0.05, 0) is 30.5 Å². The van der Waals surface area contributed by atoms with Gasteiger partial charge >= 0.3 is 0 Å². The second kappa shape index (κ2) is 12.5. The second-order valence-electron chi connectivity index (χ2n) is 8.40. The zero-order valence-electron chi connectivity index (χ0n) is 19.9. The van der Waals surface area contributed by atoms with E-state index in [1.54, 1.807) is 7.11 Å². The van der Waals surface area contributed by atoms with Crippen LogP contribution in [0.25, 0.3) is 0 Å². The molecule has 8 nitrogen and oxygen atoms in total. The van der Waals surface area contributed by atoms with Gasteiger partial charge in [-0.15, -0.1) is 0 Å². The van der Waals surface area contributed by atoms with E-state index in [2.05, 4.69) is 58.0 Å². The number of nitrogens with zero attached hydrogens (tertiary/aromatic N) is 4. The van der Waals surface area contributed by atoms with Gasteiger partial charge < -0.3 is 24.7 Å². The summed E-state index contributed by atoms with van der Waals surface area (Å²) in [4.78, 5) is 11.8. The van der Waals surface area contributed by atoms with Crippen molar-refractivity contribution in [2.45, 2.75) is 39.9 Å². The Morgan fingerprint density at radius 1 is 1.19 bits per heavy atom. The van der Waals surface area contributed by atoms with Crippen LogP contribution in [-0.2, 0) is 17.8 Å². The molecule has 1 unspecified atom stereocenters. The van der Waals surface area contributed by atoms with E-state index in [0.717, 1.165) is 63.5 Å². The van der Waals surface area contributed by atoms with Crippen molar-refractivity contribution in [3.63, 3.8) is 0 Å². The summed E-state index contributed by atoms with van der Waals surface area (Å²) in [5, 5.41) is 6.93. The maximum Gasteiger partial charge on any atom is 0.191 e. The second-order valence-corrected chi connectivity index (χ2v) is 8.40. The molecule has 1 aliphatic heterocycles. The molecule has 1 aromatic carbocycles. The van der Waals surface area contributed by atoms with E-state index in [1.807, 2.05) is 24.5 Å². The highest BCUT2D eigenvalue weighted by Gasteiger charge is 2.23. The Balaban J connectivity index is 1.70. The minimum atomic E-state index is 0.219. The number of guanidine groups is 1. The molecule has 1 fully saturated rings. The van der Waals surface area contributed by atoms with E-state index in [9.17, 15) is 0 Å². The topological polar surface area (TPSA) is 75.9 Å². The van der Waals surface area contributed by atoms with Crippen molar-refractivity contribution in [1.29, 1.82) is 0 Å². The molecule has 1 atom stereocenters. The highest BCUT2D eigenvalue weighted by molar-refractivity contribution is 5.79. The number of hydrogen-bond donors (Lipinski definition) is 2. The molecule has 2 heterocycles. The summed E-state index contributed by atoms with van der Waals surface area (Å²) >= 11 is 0. The largest absolute Gasteiger partial charge is 0.497 e. The number of hydrogen-bond acceptors (Lipinski definition) is 5. The Labute approximate surface area is 192 Å². The normalized spacial score (nSPS) is 16.2. The molecule has 1 aliphatic rings. The van der Waals surface area contributed by atoms with Crippen molar-refractivity contribution in [3.05, 3.63) is 48.0 Å². The number of imidazole rings is 1. The van der Waals surface area contributed by atoms with Gasteiger partial charge in [-0.3, -0.25) is 4.90 Å². The summed E-state index contributed by atoms with van der Waals surface area (Å²) in [7, 11) is 1.70. The fourth-order valence-corrected chi connectivity index (χ4v) is 3.91. The minimum absolute atomic E-state index is 0.219. The van der Waals surface area contributed by atoms with Crippen LogP contribution in [0, 0.1) is 5.92 Å². The van der Waals surface area contributed by atoms with Crippen LogP contribution < -0.4 is 15.4 Å². The van der Waals surface area contributed by atoms with E-state index in [-0.39, 0.29) is 6.04 Å². The van der Waals surface area contributed by atoms with E-state index in [0.29, 0.717) is 12.5 Å². The molecule has 176 valence electrons. The number of rotatable bonds is 10. The Kier molecular flexibility index (Phi) is 9.37. The smallest absolute Gasteiger partial charge is 0.191 e. The Hall–Kier alpha value is -2.58. The molecule has 0 radical (unpaired) electrons. The zero-order valence-corrected chi connectivity index (χ0v) is 19.9. The highest BCUT2D eigenvalue weighted by Crippen LogP contribution is 2.23. The standard InChI is InChI=1S/C24H38N6O2/c1-5-25-24(28-17-23-26-10-11-30(23)18-19(2)3)27-16-22(29-12-14-32-15-13-29)20-6-8-21(31-4)9-7-20/h6-11,19,22H,5,12-18H2,1-4H3,(H2,25,27,28). The van der Waals surface area contributed by atoms with E-state index >= 15 is 0 Å². The molecule has 1 saturated heterocycles. The Morgan fingerprint density at radius 2 is 1.94 bits per heavy atom. The first kappa shape index (κ1) is 24.1. The van der Waals surface area contributed by atoms with E-state index < -0.39 is 0 Å². The van der Waals surface area contributed by atoms with Crippen LogP contribution in [0.15, 0.2) is 41.7 Å². The van der Waals surface area contributed by atoms with Crippen molar-refractivity contribution < 1.29 is 9.47 Å². The van der Waals surface area contributed by atoms with Crippen LogP contribution >= 0.6 is 0 Å². The summed E-state index contributed by atoms with van der Waals surface area (Å²) < 4.78 is 13.1. The molecule has 1 aromatic heterocycles. The lowest BCUT2D eigenvalue weighted by Gasteiger charge is -2.35. The van der Waals surface area contributed by atoms with Gasteiger partial charge in [-0.2, -0.15) is 0 Å². The average Bonchev–Trinajstić information content (AvgIpc) is 3.24. The first-order valence-electron chi connectivity index (χ1n) is 11.6. The van der Waals surface area contributed by atoms with Crippen LogP contribution in [0.4, 0.5) is 0 Å². The molecule has 0 spiro atoms. The van der Waals surface area contributed by atoms with E-state index in [1.165, 1.54) is 5.56 Å². The molecule has 8 heteroatoms. The molecule has 0 aliphatic carbocycles. The Bertz CT molecular complexity index is 827. The first-order chi connectivity index (χ1) is 15.6. The van der Waals surface area contributed by atoms with Gasteiger partial charge in [0.15, 0.2) is 5.96 Å². The van der Waals surface area contributed by atoms with Crippen LogP contribution in [0.5, 0.6) is 5.75 Å². The number of aromatic nitrogens is 2. The summed E-state index contributed by atoms with van der Waals surface area (Å²) in [5.41, 5.74) is 1.25. The molecule has 0 saturated carbocycles. The lowest BCUT2D eigenvalue weighted by atomic mass is 10.0. The van der Waals surface area contributed by atoms with Crippen molar-refractivity contribution in [3.8, 4) is 5.75 Å². The third-order valence-electron chi connectivity index (χ3n) is 5.54. The Morgan fingerprint density at radius 3 is 2.59 bits per heavy atom. The predicted octanol–water partition coefficient (Wildman–Crippen LogP) is 2.68. The fourth-order valence-electron chi connectivity index (χ4n) is 3.91. The van der Waals surface area contributed by atoms with Crippen molar-refractivity contribution in [1.82, 2.24) is 25.1 Å². The third kappa shape index (κ3) is 6.97. The van der Waals surface area contributed by atoms with E-state index in [4.69, 9.17) is 14.5 Å². The molecule has 2 aromatic rings. The summed E-state index contributed by atoms with van der Waals surface area (Å²) in [5.74, 6) is 3.22. The lowest BCUT2D eigenvalue weighted by molar-refractivity contribution is 0.0170. The van der Waals surface area contributed by atoms with Crippen molar-refractivity contribution >= 4 is 5.96 Å². The number of nitrogens with one attached hydrogen (secondary N) is 2. The summed E-state index contributed by atoms with van der Waals surface area (Å²) in [6.07, 6.45) is 3.88. The zero-order chi connectivity index (χ0) is 22.8. The first-order valence-corrected chi connectivity index (χ1v) is 11.6. The van der Waals surface area contributed by atoms with Gasteiger partial charge in [-0.1, -0.05) is 26.0 Å². The molecular weight excluding hydrogens is 404 g/mol. The monoisotopic (exact) mass is 442 g/mol. The van der Waals surface area contributed by atoms with Crippen LogP contribution in [0.3, 0.4) is 0 Å². The van der Waals surface area contributed by atoms with Crippen LogP contribution in [0.2, 0.25) is 0 Å². The summed E-state index contributed by atoms with van der Waals surface area (Å²) in [6, 6.07) is 8.56. The highest BCUT2D eigenvalue weighted by atomic mass is 16.5. The van der Waals surface area contributed by atoms with Crippen LogP contribution in [0.1, 0.15) is 38.2 Å². The maximum absolute atomic E-state index is 5.58. The predicted molar refractivity (Wildman–Crippen MR) is 128 cm³/mol. The van der Waals surface area contributed by atoms with Gasteiger partial charge in [0.2, 0.25) is 0 Å². The number of ether oxygens (including phenoxy) is 2. The fraction of sp³-hybridized carbons (Fsp3) is 0.583. The molecule has 2 N–H and O–H groups in total. The molecular formula is C24H38N6O2. The SMILES string of the molecule is CCNC(=NCc1nccn1CC(C)C)NCC(c1ccc(OC)cc1)N1CCOCC1. The molecule has 3 rings (SSSR count). The van der Waals surface area contributed by atoms with Gasteiger partial charge in [0.25, 0.3) is 0 Å². The van der Waals surface area contributed by atoms with Gasteiger partial charge in [0.05, 0.1) is 26.4 Å². The lowest BCUT2D eigenvalue weighted by Crippen LogP contribution is -2.46. The van der Waals surface area contributed by atoms with Crippen molar-refractivity contribution in [2.75, 3.05) is 46.5 Å². The van der Waals surface area contributed by atoms with Crippen molar-refractivity contribution in [2.24, 2.45) is 10.9 Å². The number of morpholine rings is 1. The van der Waals surface area contributed by atoms with Gasteiger partial charge in [0.1, 0.15) is 18.1 Å². The minimum Gasteiger partial charge on any atom is -0.497 e. The van der Waals surface area contributed by atoms with Crippen LogP contribution in [-0.4, -0.2) is 66.9 Å². The third-order valence-corrected chi connectivity index (χ3v) is 5.54. The quantitative estimate of drug-likeness (QED) is 0.435. The molecule has 32 heavy (non-hydrogen) atoms. The van der Waals surface area contributed by atoms with Gasteiger partial charge in [-0.25, -0.2) is 9.98 Å². The number of benzene rings is 1.